The summed E-state index contributed by atoms with van der Waals surface area (Å²) in [5, 5.41) is 2.96. The van der Waals surface area contributed by atoms with E-state index < -0.39 is 6.04 Å². The van der Waals surface area contributed by atoms with Crippen LogP contribution in [0.3, 0.4) is 0 Å². The highest BCUT2D eigenvalue weighted by atomic mass is 35.5. The summed E-state index contributed by atoms with van der Waals surface area (Å²) < 4.78 is 0. The highest BCUT2D eigenvalue weighted by molar-refractivity contribution is 6.34. The Balaban J connectivity index is 0.00000180. The summed E-state index contributed by atoms with van der Waals surface area (Å²) in [5.74, 6) is -0.427. The third kappa shape index (κ3) is 3.30. The quantitative estimate of drug-likeness (QED) is 0.809. The predicted molar refractivity (Wildman–Crippen MR) is 76.6 cm³/mol. The van der Waals surface area contributed by atoms with E-state index in [1.54, 1.807) is 24.1 Å². The Labute approximate surface area is 122 Å². The fourth-order valence-corrected chi connectivity index (χ4v) is 2.18. The molecule has 1 unspecified atom stereocenters. The van der Waals surface area contributed by atoms with Gasteiger partial charge < -0.3 is 16.0 Å². The number of amides is 2. The number of benzene rings is 1. The fourth-order valence-electron chi connectivity index (χ4n) is 1.91. The van der Waals surface area contributed by atoms with Crippen molar-refractivity contribution in [3.05, 3.63) is 28.8 Å². The molecule has 1 aliphatic heterocycles. The van der Waals surface area contributed by atoms with Crippen LogP contribution in [-0.4, -0.2) is 36.3 Å². The van der Waals surface area contributed by atoms with E-state index in [4.69, 9.17) is 17.3 Å². The van der Waals surface area contributed by atoms with Gasteiger partial charge >= 0.3 is 0 Å². The molecule has 5 nitrogen and oxygen atoms in total. The van der Waals surface area contributed by atoms with Crippen LogP contribution in [0, 0.1) is 0 Å². The number of likely N-dealkylation sites (N-methyl/N-ethyl adjacent to an activating group) is 1. The average molecular weight is 304 g/mol. The van der Waals surface area contributed by atoms with Crippen LogP contribution in [0.1, 0.15) is 16.8 Å². The topological polar surface area (TPSA) is 75.4 Å². The molecule has 2 amide bonds. The molecule has 104 valence electrons. The molecule has 1 atom stereocenters. The van der Waals surface area contributed by atoms with Gasteiger partial charge in [-0.15, -0.1) is 12.4 Å². The van der Waals surface area contributed by atoms with Gasteiger partial charge in [-0.05, 0) is 24.6 Å². The van der Waals surface area contributed by atoms with Crippen molar-refractivity contribution >= 4 is 41.5 Å². The van der Waals surface area contributed by atoms with Gasteiger partial charge in [0.15, 0.2) is 0 Å². The molecule has 0 aromatic heterocycles. The lowest BCUT2D eigenvalue weighted by Gasteiger charge is -2.13. The second kappa shape index (κ2) is 6.12. The third-order valence-electron chi connectivity index (χ3n) is 2.97. The summed E-state index contributed by atoms with van der Waals surface area (Å²) in [6.45, 7) is 0.652. The van der Waals surface area contributed by atoms with Crippen LogP contribution in [-0.2, 0) is 4.79 Å². The van der Waals surface area contributed by atoms with Gasteiger partial charge in [0.1, 0.15) is 6.04 Å². The second-order valence-corrected chi connectivity index (χ2v) is 4.72. The van der Waals surface area contributed by atoms with Gasteiger partial charge in [0, 0.05) is 19.3 Å². The zero-order chi connectivity index (χ0) is 13.3. The second-order valence-electron chi connectivity index (χ2n) is 4.31. The van der Waals surface area contributed by atoms with Crippen molar-refractivity contribution in [2.45, 2.75) is 12.5 Å². The molecule has 0 bridgehead atoms. The number of nitrogen functional groups attached to an aromatic ring is 1. The van der Waals surface area contributed by atoms with Crippen LogP contribution in [0.25, 0.3) is 0 Å². The van der Waals surface area contributed by atoms with Crippen molar-refractivity contribution in [3.63, 3.8) is 0 Å². The van der Waals surface area contributed by atoms with Crippen molar-refractivity contribution in [3.8, 4) is 0 Å². The largest absolute Gasteiger partial charge is 0.399 e. The number of nitrogens with two attached hydrogens (primary N) is 1. The average Bonchev–Trinajstić information content (AvgIpc) is 2.61. The zero-order valence-corrected chi connectivity index (χ0v) is 11.9. The number of carbonyl (C=O) groups excluding carboxylic acids is 2. The molecule has 1 heterocycles. The van der Waals surface area contributed by atoms with Crippen LogP contribution in [0.5, 0.6) is 0 Å². The third-order valence-corrected chi connectivity index (χ3v) is 3.28. The first kappa shape index (κ1) is 15.6. The number of rotatable bonds is 2. The zero-order valence-electron chi connectivity index (χ0n) is 10.4. The molecule has 19 heavy (non-hydrogen) atoms. The highest BCUT2D eigenvalue weighted by Crippen LogP contribution is 2.19. The van der Waals surface area contributed by atoms with Crippen molar-refractivity contribution < 1.29 is 9.59 Å². The Morgan fingerprint density at radius 3 is 2.74 bits per heavy atom. The first-order valence-corrected chi connectivity index (χ1v) is 5.97. The number of nitrogens with one attached hydrogen (secondary N) is 1. The van der Waals surface area contributed by atoms with E-state index in [2.05, 4.69) is 5.32 Å². The molecule has 0 spiro atoms. The lowest BCUT2D eigenvalue weighted by Crippen LogP contribution is -2.40. The van der Waals surface area contributed by atoms with E-state index in [9.17, 15) is 9.59 Å². The Morgan fingerprint density at radius 2 is 2.21 bits per heavy atom. The lowest BCUT2D eigenvalue weighted by atomic mass is 10.1. The van der Waals surface area contributed by atoms with E-state index in [0.29, 0.717) is 24.2 Å². The molecule has 1 aromatic carbocycles. The Hall–Kier alpha value is -1.46. The van der Waals surface area contributed by atoms with Gasteiger partial charge in [-0.2, -0.15) is 0 Å². The van der Waals surface area contributed by atoms with E-state index in [0.717, 1.165) is 0 Å². The van der Waals surface area contributed by atoms with E-state index in [-0.39, 0.29) is 29.2 Å². The number of hydrogen-bond acceptors (Lipinski definition) is 3. The summed E-state index contributed by atoms with van der Waals surface area (Å²) in [5.41, 5.74) is 6.38. The highest BCUT2D eigenvalue weighted by Gasteiger charge is 2.30. The Kier molecular flexibility index (Phi) is 5.03. The number of carbonyl (C=O) groups is 2. The van der Waals surface area contributed by atoms with Crippen LogP contribution in [0.15, 0.2) is 18.2 Å². The van der Waals surface area contributed by atoms with Crippen LogP contribution in [0.4, 0.5) is 5.69 Å². The summed E-state index contributed by atoms with van der Waals surface area (Å²) >= 11 is 5.94. The van der Waals surface area contributed by atoms with Gasteiger partial charge in [-0.1, -0.05) is 11.6 Å². The molecule has 3 N–H and O–H groups in total. The molecule has 1 aliphatic rings. The van der Waals surface area contributed by atoms with Crippen molar-refractivity contribution in [1.82, 2.24) is 10.2 Å². The molecule has 0 aliphatic carbocycles. The maximum Gasteiger partial charge on any atom is 0.253 e. The van der Waals surface area contributed by atoms with Crippen LogP contribution < -0.4 is 11.1 Å². The first-order valence-electron chi connectivity index (χ1n) is 5.60. The van der Waals surface area contributed by atoms with Gasteiger partial charge in [-0.3, -0.25) is 9.59 Å². The predicted octanol–water partition coefficient (Wildman–Crippen LogP) is 1.30. The van der Waals surface area contributed by atoms with Crippen molar-refractivity contribution in [2.24, 2.45) is 0 Å². The van der Waals surface area contributed by atoms with E-state index in [1.807, 2.05) is 0 Å². The summed E-state index contributed by atoms with van der Waals surface area (Å²) in [7, 11) is 1.71. The lowest BCUT2D eigenvalue weighted by molar-refractivity contribution is -0.128. The molecule has 2 rings (SSSR count). The van der Waals surface area contributed by atoms with Crippen LogP contribution >= 0.6 is 24.0 Å². The number of halogens is 2. The maximum atomic E-state index is 12.0. The number of nitrogens with zero attached hydrogens (tertiary/aromatic N) is 1. The Morgan fingerprint density at radius 1 is 1.53 bits per heavy atom. The molecule has 0 radical (unpaired) electrons. The summed E-state index contributed by atoms with van der Waals surface area (Å²) in [6, 6.07) is 4.20. The molecular formula is C12H15Cl2N3O2. The number of hydrogen-bond donors (Lipinski definition) is 2. The van der Waals surface area contributed by atoms with Gasteiger partial charge in [0.05, 0.1) is 10.6 Å². The summed E-state index contributed by atoms with van der Waals surface area (Å²) in [6.07, 6.45) is 0.619. The van der Waals surface area contributed by atoms with Gasteiger partial charge in [0.25, 0.3) is 5.91 Å². The van der Waals surface area contributed by atoms with Crippen molar-refractivity contribution in [1.29, 1.82) is 0 Å². The monoisotopic (exact) mass is 303 g/mol. The van der Waals surface area contributed by atoms with E-state index in [1.165, 1.54) is 6.07 Å². The van der Waals surface area contributed by atoms with E-state index >= 15 is 0 Å². The minimum Gasteiger partial charge on any atom is -0.399 e. The number of likely N-dealkylation sites (tertiary alicyclic amines) is 1. The minimum atomic E-state index is -0.462. The number of anilines is 1. The smallest absolute Gasteiger partial charge is 0.253 e. The first-order chi connectivity index (χ1) is 8.49. The standard InChI is InChI=1S/C12H14ClN3O2.ClH/c1-16-5-4-10(12(16)18)15-11(17)8-3-2-7(14)6-9(8)13;/h2-3,6,10H,4-5,14H2,1H3,(H,15,17);1H. The van der Waals surface area contributed by atoms with Gasteiger partial charge in [0.2, 0.25) is 5.91 Å². The molecule has 1 aromatic rings. The molecule has 1 saturated heterocycles. The normalized spacial score (nSPS) is 18.1. The SMILES string of the molecule is CN1CCC(NC(=O)c2ccc(N)cc2Cl)C1=O.Cl. The van der Waals surface area contributed by atoms with Crippen LogP contribution in [0.2, 0.25) is 5.02 Å². The molecule has 7 heteroatoms. The molecular weight excluding hydrogens is 289 g/mol. The fraction of sp³-hybridized carbons (Fsp3) is 0.333. The van der Waals surface area contributed by atoms with Crippen molar-refractivity contribution in [2.75, 3.05) is 19.3 Å². The molecule has 1 fully saturated rings. The summed E-state index contributed by atoms with van der Waals surface area (Å²) in [4.78, 5) is 25.2. The maximum absolute atomic E-state index is 12.0. The Bertz CT molecular complexity index is 508. The van der Waals surface area contributed by atoms with Gasteiger partial charge in [-0.25, -0.2) is 0 Å². The minimum absolute atomic E-state index is 0. The molecule has 0 saturated carbocycles.